The second kappa shape index (κ2) is 5.49. The molecule has 4 aliphatic carbocycles. The molecule has 3 nitrogen and oxygen atoms in total. The van der Waals surface area contributed by atoms with Crippen LogP contribution in [0.5, 0.6) is 0 Å². The van der Waals surface area contributed by atoms with E-state index in [1.807, 2.05) is 6.08 Å². The van der Waals surface area contributed by atoms with E-state index < -0.39 is 5.60 Å². The van der Waals surface area contributed by atoms with E-state index >= 15 is 0 Å². The molecular weight excluding hydrogens is 336 g/mol. The van der Waals surface area contributed by atoms with Gasteiger partial charge < -0.3 is 9.47 Å². The van der Waals surface area contributed by atoms with E-state index in [1.54, 1.807) is 0 Å². The van der Waals surface area contributed by atoms with E-state index in [4.69, 9.17) is 15.9 Å². The van der Waals surface area contributed by atoms with Crippen LogP contribution in [0.1, 0.15) is 78.6 Å². The third-order valence-corrected chi connectivity index (χ3v) is 9.46. The number of terminal acetylenes is 1. The van der Waals surface area contributed by atoms with Crippen molar-refractivity contribution in [2.75, 3.05) is 0 Å². The fraction of sp³-hybridized carbons (Fsp3) is 0.792. The summed E-state index contributed by atoms with van der Waals surface area (Å²) in [6.07, 6.45) is 16.8. The Hall–Kier alpha value is -1.11. The monoisotopic (exact) mass is 368 g/mol. The lowest BCUT2D eigenvalue weighted by molar-refractivity contribution is -0.366. The Bertz CT molecular complexity index is 762. The highest BCUT2D eigenvalue weighted by Gasteiger charge is 2.76. The van der Waals surface area contributed by atoms with E-state index in [9.17, 15) is 4.79 Å². The van der Waals surface area contributed by atoms with Crippen LogP contribution in [0.3, 0.4) is 0 Å². The van der Waals surface area contributed by atoms with Gasteiger partial charge in [-0.3, -0.25) is 4.79 Å². The Kier molecular flexibility index (Phi) is 3.65. The van der Waals surface area contributed by atoms with Gasteiger partial charge in [0, 0.05) is 11.8 Å². The van der Waals surface area contributed by atoms with Crippen LogP contribution in [-0.4, -0.2) is 23.3 Å². The molecule has 1 heterocycles. The zero-order valence-corrected chi connectivity index (χ0v) is 17.0. The van der Waals surface area contributed by atoms with Gasteiger partial charge in [0.05, 0.1) is 5.60 Å². The lowest BCUT2D eigenvalue weighted by Crippen LogP contribution is -2.69. The Labute approximate surface area is 163 Å². The fourth-order valence-corrected chi connectivity index (χ4v) is 7.88. The van der Waals surface area contributed by atoms with Gasteiger partial charge in [-0.2, -0.15) is 0 Å². The Balaban J connectivity index is 1.61. The highest BCUT2D eigenvalue weighted by Crippen LogP contribution is 2.73. The maximum atomic E-state index is 12.0. The topological polar surface area (TPSA) is 35.5 Å². The van der Waals surface area contributed by atoms with Crippen molar-refractivity contribution in [1.82, 2.24) is 0 Å². The first kappa shape index (κ1) is 18.0. The number of hydrogen-bond acceptors (Lipinski definition) is 3. The molecule has 27 heavy (non-hydrogen) atoms. The molecule has 0 radical (unpaired) electrons. The van der Waals surface area contributed by atoms with Gasteiger partial charge in [0.2, 0.25) is 0 Å². The first-order valence-electron chi connectivity index (χ1n) is 10.9. The molecule has 4 fully saturated rings. The van der Waals surface area contributed by atoms with Crippen molar-refractivity contribution < 1.29 is 14.3 Å². The highest BCUT2D eigenvalue weighted by molar-refractivity contribution is 5.91. The van der Waals surface area contributed by atoms with Crippen LogP contribution < -0.4 is 0 Å². The number of ether oxygens (including phenoxy) is 2. The molecule has 3 heteroatoms. The predicted octanol–water partition coefficient (Wildman–Crippen LogP) is 4.80. The van der Waals surface area contributed by atoms with Crippen molar-refractivity contribution in [3.8, 4) is 12.3 Å². The summed E-state index contributed by atoms with van der Waals surface area (Å²) in [5.41, 5.74) is 0.801. The molecular formula is C24H32O3. The van der Waals surface area contributed by atoms with Gasteiger partial charge in [-0.25, -0.2) is 0 Å². The van der Waals surface area contributed by atoms with Crippen LogP contribution in [0.15, 0.2) is 11.6 Å². The number of carbonyl (C=O) groups is 1. The summed E-state index contributed by atoms with van der Waals surface area (Å²) >= 11 is 0. The summed E-state index contributed by atoms with van der Waals surface area (Å²) < 4.78 is 13.3. The summed E-state index contributed by atoms with van der Waals surface area (Å²) in [6, 6.07) is 0. The van der Waals surface area contributed by atoms with Gasteiger partial charge in [-0.1, -0.05) is 32.3 Å². The molecule has 5 aliphatic rings. The Morgan fingerprint density at radius 1 is 1.11 bits per heavy atom. The minimum Gasteiger partial charge on any atom is -0.345 e. The summed E-state index contributed by atoms with van der Waals surface area (Å²) in [7, 11) is 0. The zero-order chi connectivity index (χ0) is 19.1. The lowest BCUT2D eigenvalue weighted by Gasteiger charge is -2.66. The normalized spacial score (nSPS) is 53.6. The third kappa shape index (κ3) is 1.94. The SMILES string of the molecule is C#C[C@]12CC[C@@]3(OC(CC)O1)[C@@H]1CCC4=CC(=O)CC[C@]4(C)[C@H]1CC[C@]23C. The maximum Gasteiger partial charge on any atom is 0.160 e. The van der Waals surface area contributed by atoms with Crippen molar-refractivity contribution in [3.05, 3.63) is 11.6 Å². The Morgan fingerprint density at radius 3 is 2.67 bits per heavy atom. The van der Waals surface area contributed by atoms with E-state index in [0.29, 0.717) is 24.0 Å². The van der Waals surface area contributed by atoms with Gasteiger partial charge in [0.15, 0.2) is 12.1 Å². The molecule has 5 rings (SSSR count). The second-order valence-corrected chi connectivity index (χ2v) is 10.1. The number of hydrogen-bond donors (Lipinski definition) is 0. The highest BCUT2D eigenvalue weighted by atomic mass is 16.7. The van der Waals surface area contributed by atoms with Crippen LogP contribution in [0, 0.1) is 35.0 Å². The average Bonchev–Trinajstić information content (AvgIpc) is 2.79. The number of carbonyl (C=O) groups excluding carboxylic acids is 1. The largest absolute Gasteiger partial charge is 0.345 e. The van der Waals surface area contributed by atoms with Crippen molar-refractivity contribution in [2.24, 2.45) is 22.7 Å². The van der Waals surface area contributed by atoms with Crippen LogP contribution in [0.4, 0.5) is 0 Å². The molecule has 0 aromatic carbocycles. The van der Waals surface area contributed by atoms with Crippen LogP contribution in [-0.2, 0) is 14.3 Å². The molecule has 3 saturated carbocycles. The average molecular weight is 369 g/mol. The molecule has 0 spiro atoms. The quantitative estimate of drug-likeness (QED) is 0.624. The van der Waals surface area contributed by atoms with E-state index in [-0.39, 0.29) is 22.7 Å². The van der Waals surface area contributed by atoms with Gasteiger partial charge in [0.1, 0.15) is 5.60 Å². The Morgan fingerprint density at radius 2 is 1.93 bits per heavy atom. The predicted molar refractivity (Wildman–Crippen MR) is 104 cm³/mol. The third-order valence-electron chi connectivity index (χ3n) is 9.46. The van der Waals surface area contributed by atoms with Gasteiger partial charge >= 0.3 is 0 Å². The van der Waals surface area contributed by atoms with Crippen LogP contribution in [0.2, 0.25) is 0 Å². The molecule has 1 aliphatic heterocycles. The molecule has 0 amide bonds. The summed E-state index contributed by atoms with van der Waals surface area (Å²) in [4.78, 5) is 12.0. The van der Waals surface area contributed by atoms with Gasteiger partial charge in [-0.15, -0.1) is 6.42 Å². The first-order valence-corrected chi connectivity index (χ1v) is 10.9. The lowest BCUT2D eigenvalue weighted by atomic mass is 9.44. The molecule has 0 N–H and O–H groups in total. The van der Waals surface area contributed by atoms with Gasteiger partial charge in [-0.05, 0) is 74.7 Å². The van der Waals surface area contributed by atoms with Crippen LogP contribution >= 0.6 is 0 Å². The summed E-state index contributed by atoms with van der Waals surface area (Å²) in [5, 5.41) is 0. The summed E-state index contributed by atoms with van der Waals surface area (Å²) in [5.74, 6) is 4.54. The fourth-order valence-electron chi connectivity index (χ4n) is 7.88. The molecule has 1 saturated heterocycles. The second-order valence-electron chi connectivity index (χ2n) is 10.1. The molecule has 7 atom stereocenters. The number of allylic oxidation sites excluding steroid dienone is 1. The van der Waals surface area contributed by atoms with Crippen molar-refractivity contribution in [3.63, 3.8) is 0 Å². The molecule has 146 valence electrons. The standard InChI is InChI=1S/C24H32O3/c1-5-20-26-23(6-2)13-14-24(27-20)19-8-7-16-15-17(25)9-11-21(16,3)18(19)10-12-22(23,24)4/h2,15,18-20H,5,7-14H2,1,3-4H3/t18-,19+,20?,21-,22+,23+,24+/m0/s1. The van der Waals surface area contributed by atoms with E-state index in [1.165, 1.54) is 5.57 Å². The first-order chi connectivity index (χ1) is 12.8. The molecule has 1 unspecified atom stereocenters. The summed E-state index contributed by atoms with van der Waals surface area (Å²) in [6.45, 7) is 6.89. The van der Waals surface area contributed by atoms with E-state index in [2.05, 4.69) is 26.7 Å². The minimum absolute atomic E-state index is 0.107. The van der Waals surface area contributed by atoms with Crippen molar-refractivity contribution in [1.29, 1.82) is 0 Å². The van der Waals surface area contributed by atoms with Crippen LogP contribution in [0.25, 0.3) is 0 Å². The minimum atomic E-state index is -0.476. The van der Waals surface area contributed by atoms with E-state index in [0.717, 1.165) is 51.4 Å². The zero-order valence-electron chi connectivity index (χ0n) is 17.0. The number of fused-ring (bicyclic) bond motifs is 3. The molecule has 0 aromatic rings. The molecule has 2 bridgehead atoms. The van der Waals surface area contributed by atoms with Gasteiger partial charge in [0.25, 0.3) is 0 Å². The number of ketones is 1. The van der Waals surface area contributed by atoms with Crippen molar-refractivity contribution in [2.45, 2.75) is 96.1 Å². The van der Waals surface area contributed by atoms with Crippen molar-refractivity contribution >= 4 is 5.78 Å². The maximum absolute atomic E-state index is 12.0. The molecule has 0 aromatic heterocycles. The number of rotatable bonds is 1. The smallest absolute Gasteiger partial charge is 0.160 e.